The first kappa shape index (κ1) is 22.5. The maximum atomic E-state index is 13.3. The van der Waals surface area contributed by atoms with Crippen LogP contribution in [0, 0.1) is 0 Å². The number of carbonyl (C=O) groups is 1. The Hall–Kier alpha value is -3.28. The third-order valence-corrected chi connectivity index (χ3v) is 8.00. The number of benzene rings is 1. The topological polar surface area (TPSA) is 125 Å². The Labute approximate surface area is 196 Å². The Balaban J connectivity index is 1.53. The lowest BCUT2D eigenvalue weighted by Gasteiger charge is -2.26. The highest BCUT2D eigenvalue weighted by Gasteiger charge is 2.27. The second-order valence-electron chi connectivity index (χ2n) is 8.29. The van der Waals surface area contributed by atoms with E-state index in [9.17, 15) is 18.0 Å². The van der Waals surface area contributed by atoms with Gasteiger partial charge in [0.1, 0.15) is 0 Å². The van der Waals surface area contributed by atoms with Crippen LogP contribution in [-0.2, 0) is 14.8 Å². The van der Waals surface area contributed by atoms with Gasteiger partial charge in [0.2, 0.25) is 15.6 Å². The van der Waals surface area contributed by atoms with Crippen molar-refractivity contribution in [1.29, 1.82) is 0 Å². The number of aromatic amines is 1. The molecule has 2 aromatic heterocycles. The molecule has 2 saturated heterocycles. The van der Waals surface area contributed by atoms with Crippen LogP contribution in [0.4, 0.5) is 11.5 Å². The van der Waals surface area contributed by atoms with Crippen LogP contribution >= 0.6 is 0 Å². The lowest BCUT2D eigenvalue weighted by molar-refractivity contribution is 0.0730. The third-order valence-electron chi connectivity index (χ3n) is 6.11. The van der Waals surface area contributed by atoms with E-state index in [0.717, 1.165) is 25.9 Å². The highest BCUT2D eigenvalue weighted by molar-refractivity contribution is 7.89. The molecule has 0 saturated carbocycles. The van der Waals surface area contributed by atoms with Crippen molar-refractivity contribution in [3.8, 4) is 0 Å². The van der Waals surface area contributed by atoms with Crippen molar-refractivity contribution in [3.63, 3.8) is 0 Å². The van der Waals surface area contributed by atoms with Crippen LogP contribution in [0.2, 0.25) is 0 Å². The van der Waals surface area contributed by atoms with E-state index < -0.39 is 21.5 Å². The Morgan fingerprint density at radius 1 is 1.06 bits per heavy atom. The van der Waals surface area contributed by atoms with E-state index in [1.807, 2.05) is 0 Å². The van der Waals surface area contributed by atoms with Gasteiger partial charge in [-0.1, -0.05) is 0 Å². The Bertz CT molecular complexity index is 1390. The maximum Gasteiger partial charge on any atom is 0.256 e. The fourth-order valence-corrected chi connectivity index (χ4v) is 5.82. The molecule has 0 radical (unpaired) electrons. The summed E-state index contributed by atoms with van der Waals surface area (Å²) in [7, 11) is -3.77. The summed E-state index contributed by atoms with van der Waals surface area (Å²) in [6.07, 6.45) is 3.79. The van der Waals surface area contributed by atoms with Crippen LogP contribution < -0.4 is 15.8 Å². The fraction of sp³-hybridized carbons (Fsp3) is 0.348. The zero-order valence-corrected chi connectivity index (χ0v) is 19.3. The average Bonchev–Trinajstić information content (AvgIpc) is 3.39. The molecule has 5 rings (SSSR count). The molecule has 10 nitrogen and oxygen atoms in total. The van der Waals surface area contributed by atoms with E-state index in [1.54, 1.807) is 18.3 Å². The van der Waals surface area contributed by atoms with Gasteiger partial charge in [0.25, 0.3) is 5.91 Å². The quantitative estimate of drug-likeness (QED) is 0.567. The molecule has 1 amide bonds. The number of H-pyrrole nitrogens is 1. The van der Waals surface area contributed by atoms with Gasteiger partial charge in [-0.3, -0.25) is 9.59 Å². The molecule has 3 aromatic rings. The summed E-state index contributed by atoms with van der Waals surface area (Å²) in [6, 6.07) is 9.09. The van der Waals surface area contributed by atoms with Gasteiger partial charge in [-0.25, -0.2) is 13.4 Å². The molecule has 11 heteroatoms. The van der Waals surface area contributed by atoms with Crippen molar-refractivity contribution < 1.29 is 17.9 Å². The first-order chi connectivity index (χ1) is 16.4. The number of morpholine rings is 1. The number of aromatic nitrogens is 2. The molecule has 2 N–H and O–H groups in total. The first-order valence-electron chi connectivity index (χ1n) is 11.2. The van der Waals surface area contributed by atoms with Gasteiger partial charge < -0.3 is 19.9 Å². The molecule has 2 aliphatic heterocycles. The molecule has 2 aliphatic rings. The third kappa shape index (κ3) is 4.29. The molecule has 1 aromatic carbocycles. The van der Waals surface area contributed by atoms with Crippen molar-refractivity contribution in [1.82, 2.24) is 14.3 Å². The van der Waals surface area contributed by atoms with E-state index in [4.69, 9.17) is 4.74 Å². The van der Waals surface area contributed by atoms with Crippen molar-refractivity contribution in [3.05, 3.63) is 58.5 Å². The van der Waals surface area contributed by atoms with Crippen LogP contribution in [0.5, 0.6) is 0 Å². The molecule has 0 bridgehead atoms. The molecule has 0 atom stereocenters. The molecular weight excluding hydrogens is 458 g/mol. The van der Waals surface area contributed by atoms with Gasteiger partial charge in [0, 0.05) is 49.3 Å². The second kappa shape index (κ2) is 9.16. The summed E-state index contributed by atoms with van der Waals surface area (Å²) in [4.78, 5) is 34.9. The molecule has 178 valence electrons. The van der Waals surface area contributed by atoms with Gasteiger partial charge in [0.15, 0.2) is 5.82 Å². The molecule has 0 aliphatic carbocycles. The van der Waals surface area contributed by atoms with Gasteiger partial charge in [-0.15, -0.1) is 0 Å². The average molecular weight is 484 g/mol. The molecule has 0 unspecified atom stereocenters. The minimum absolute atomic E-state index is 0.0575. The lowest BCUT2D eigenvalue weighted by Crippen LogP contribution is -2.40. The largest absolute Gasteiger partial charge is 0.379 e. The van der Waals surface area contributed by atoms with Crippen LogP contribution in [-0.4, -0.2) is 68.0 Å². The Morgan fingerprint density at radius 3 is 2.59 bits per heavy atom. The number of ether oxygens (including phenoxy) is 1. The summed E-state index contributed by atoms with van der Waals surface area (Å²) in [5.41, 5.74) is 0.561. The molecule has 34 heavy (non-hydrogen) atoms. The van der Waals surface area contributed by atoms with E-state index in [0.29, 0.717) is 35.6 Å². The predicted molar refractivity (Wildman–Crippen MR) is 128 cm³/mol. The van der Waals surface area contributed by atoms with Crippen LogP contribution in [0.1, 0.15) is 23.2 Å². The molecule has 4 heterocycles. The minimum Gasteiger partial charge on any atom is -0.379 e. The summed E-state index contributed by atoms with van der Waals surface area (Å²) >= 11 is 0. The normalized spacial score (nSPS) is 17.2. The number of anilines is 2. The minimum atomic E-state index is -3.77. The zero-order valence-electron chi connectivity index (χ0n) is 18.5. The van der Waals surface area contributed by atoms with Crippen molar-refractivity contribution in [2.75, 3.05) is 49.6 Å². The van der Waals surface area contributed by atoms with Crippen LogP contribution in [0.3, 0.4) is 0 Å². The Morgan fingerprint density at radius 2 is 1.82 bits per heavy atom. The number of sulfonamides is 1. The molecule has 2 fully saturated rings. The van der Waals surface area contributed by atoms with Gasteiger partial charge in [0.05, 0.1) is 29.4 Å². The summed E-state index contributed by atoms with van der Waals surface area (Å²) in [5, 5.41) is 3.22. The van der Waals surface area contributed by atoms with Gasteiger partial charge >= 0.3 is 0 Å². The standard InChI is InChI=1S/C23H25N5O5S/c29-21-15-18(23(30)26-20-4-3-7-24-22(20)27-8-1-2-9-27)17-14-16(5-6-19(17)25-21)34(31,32)28-10-12-33-13-11-28/h3-7,14-15H,1-2,8-13H2,(H,25,29)(H,26,30). The van der Waals surface area contributed by atoms with Gasteiger partial charge in [-0.2, -0.15) is 4.31 Å². The number of rotatable bonds is 5. The lowest BCUT2D eigenvalue weighted by atomic mass is 10.1. The Kier molecular flexibility index (Phi) is 6.07. The van der Waals surface area contributed by atoms with Crippen LogP contribution in [0.25, 0.3) is 10.9 Å². The van der Waals surface area contributed by atoms with Crippen molar-refractivity contribution in [2.45, 2.75) is 17.7 Å². The van der Waals surface area contributed by atoms with E-state index in [-0.39, 0.29) is 23.5 Å². The number of pyridine rings is 2. The highest BCUT2D eigenvalue weighted by Crippen LogP contribution is 2.28. The zero-order chi connectivity index (χ0) is 23.7. The predicted octanol–water partition coefficient (Wildman–Crippen LogP) is 1.80. The molecular formula is C23H25N5O5S. The highest BCUT2D eigenvalue weighted by atomic mass is 32.2. The number of carbonyl (C=O) groups excluding carboxylic acids is 1. The number of hydrogen-bond acceptors (Lipinski definition) is 7. The second-order valence-corrected chi connectivity index (χ2v) is 10.2. The SMILES string of the molecule is O=C(Nc1cccnc1N1CCCC1)c1cc(=O)[nH]c2ccc(S(=O)(=O)N3CCOCC3)cc12. The van der Waals surface area contributed by atoms with Gasteiger partial charge in [-0.05, 0) is 43.2 Å². The fourth-order valence-electron chi connectivity index (χ4n) is 4.38. The number of hydrogen-bond donors (Lipinski definition) is 2. The van der Waals surface area contributed by atoms with E-state index >= 15 is 0 Å². The van der Waals surface area contributed by atoms with Crippen molar-refractivity contribution in [2.24, 2.45) is 0 Å². The van der Waals surface area contributed by atoms with Crippen molar-refractivity contribution >= 4 is 38.3 Å². The number of nitrogens with zero attached hydrogens (tertiary/aromatic N) is 3. The summed E-state index contributed by atoms with van der Waals surface area (Å²) in [6.45, 7) is 2.91. The molecule has 0 spiro atoms. The summed E-state index contributed by atoms with van der Waals surface area (Å²) in [5.74, 6) is 0.170. The van der Waals surface area contributed by atoms with E-state index in [1.165, 1.54) is 28.6 Å². The summed E-state index contributed by atoms with van der Waals surface area (Å²) < 4.78 is 32.9. The van der Waals surface area contributed by atoms with Crippen LogP contribution in [0.15, 0.2) is 52.3 Å². The first-order valence-corrected chi connectivity index (χ1v) is 12.6. The number of amides is 1. The monoisotopic (exact) mass is 483 g/mol. The number of fused-ring (bicyclic) bond motifs is 1. The van der Waals surface area contributed by atoms with E-state index in [2.05, 4.69) is 20.2 Å². The maximum absolute atomic E-state index is 13.3. The number of nitrogens with one attached hydrogen (secondary N) is 2. The smallest absolute Gasteiger partial charge is 0.256 e.